The third-order valence-corrected chi connectivity index (χ3v) is 2.90. The zero-order valence-corrected chi connectivity index (χ0v) is 9.08. The fraction of sp³-hybridized carbons (Fsp3) is 0.167. The number of rotatable bonds is 1. The highest BCUT2D eigenvalue weighted by molar-refractivity contribution is 6.30. The lowest BCUT2D eigenvalue weighted by atomic mass is 10.0. The molecule has 80 valence electrons. The highest BCUT2D eigenvalue weighted by Gasteiger charge is 2.23. The van der Waals surface area contributed by atoms with Crippen LogP contribution >= 0.6 is 11.6 Å². The summed E-state index contributed by atoms with van der Waals surface area (Å²) in [4.78, 5) is 10.9. The maximum Gasteiger partial charge on any atom is 0.346 e. The van der Waals surface area contributed by atoms with Gasteiger partial charge >= 0.3 is 5.97 Å². The summed E-state index contributed by atoms with van der Waals surface area (Å²) in [6, 6.07) is 7.06. The minimum absolute atomic E-state index is 0.166. The average molecular weight is 234 g/mol. The molecule has 4 heteroatoms. The van der Waals surface area contributed by atoms with Crippen LogP contribution in [-0.4, -0.2) is 11.1 Å². The monoisotopic (exact) mass is 233 g/mol. The van der Waals surface area contributed by atoms with E-state index in [9.17, 15) is 4.79 Å². The van der Waals surface area contributed by atoms with E-state index in [0.717, 1.165) is 17.5 Å². The van der Waals surface area contributed by atoms with Crippen molar-refractivity contribution in [2.24, 2.45) is 0 Å². The summed E-state index contributed by atoms with van der Waals surface area (Å²) in [5.74, 6) is -1.17. The predicted octanol–water partition coefficient (Wildman–Crippen LogP) is 2.65. The van der Waals surface area contributed by atoms with Crippen molar-refractivity contribution in [3.63, 3.8) is 0 Å². The number of aryl methyl sites for hydroxylation is 1. The lowest BCUT2D eigenvalue weighted by Gasteiger charge is -2.02. The van der Waals surface area contributed by atoms with Gasteiger partial charge in [-0.2, -0.15) is 5.26 Å². The molecular weight excluding hydrogens is 226 g/mol. The summed E-state index contributed by atoms with van der Waals surface area (Å²) in [5.41, 5.74) is 2.29. The molecule has 1 aromatic carbocycles. The molecule has 3 nitrogen and oxygen atoms in total. The SMILES string of the molecule is N#CC(C(=O)O)=C1CCc2cc(Cl)ccc21. The second-order valence-corrected chi connectivity index (χ2v) is 4.01. The minimum atomic E-state index is -1.17. The van der Waals surface area contributed by atoms with E-state index in [1.54, 1.807) is 18.2 Å². The molecule has 0 saturated heterocycles. The predicted molar refractivity (Wildman–Crippen MR) is 59.9 cm³/mol. The molecule has 0 radical (unpaired) electrons. The first-order chi connectivity index (χ1) is 7.63. The van der Waals surface area contributed by atoms with Crippen molar-refractivity contribution in [2.75, 3.05) is 0 Å². The smallest absolute Gasteiger partial charge is 0.346 e. The molecule has 0 bridgehead atoms. The number of carbonyl (C=O) groups is 1. The first-order valence-corrected chi connectivity index (χ1v) is 5.16. The second-order valence-electron chi connectivity index (χ2n) is 3.57. The van der Waals surface area contributed by atoms with E-state index in [0.29, 0.717) is 17.0 Å². The lowest BCUT2D eigenvalue weighted by molar-refractivity contribution is -0.132. The summed E-state index contributed by atoms with van der Waals surface area (Å²) < 4.78 is 0. The van der Waals surface area contributed by atoms with Gasteiger partial charge in [0.05, 0.1) is 0 Å². The van der Waals surface area contributed by atoms with E-state index in [-0.39, 0.29) is 5.57 Å². The van der Waals surface area contributed by atoms with Gasteiger partial charge in [-0.05, 0) is 41.7 Å². The third kappa shape index (κ3) is 1.68. The van der Waals surface area contributed by atoms with E-state index >= 15 is 0 Å². The molecule has 0 fully saturated rings. The average Bonchev–Trinajstić information content (AvgIpc) is 2.62. The van der Waals surface area contributed by atoms with Crippen LogP contribution in [0.25, 0.3) is 5.57 Å². The third-order valence-electron chi connectivity index (χ3n) is 2.66. The number of carboxylic acids is 1. The largest absolute Gasteiger partial charge is 0.477 e. The van der Waals surface area contributed by atoms with Crippen LogP contribution < -0.4 is 0 Å². The van der Waals surface area contributed by atoms with Crippen molar-refractivity contribution in [2.45, 2.75) is 12.8 Å². The second kappa shape index (κ2) is 3.99. The number of hydrogen-bond donors (Lipinski definition) is 1. The van der Waals surface area contributed by atoms with Crippen LogP contribution in [0.2, 0.25) is 5.02 Å². The summed E-state index contributed by atoms with van der Waals surface area (Å²) in [5, 5.41) is 18.4. The van der Waals surface area contributed by atoms with Crippen LogP contribution in [-0.2, 0) is 11.2 Å². The number of fused-ring (bicyclic) bond motifs is 1. The van der Waals surface area contributed by atoms with Crippen LogP contribution in [0, 0.1) is 11.3 Å². The van der Waals surface area contributed by atoms with Crippen molar-refractivity contribution in [3.8, 4) is 6.07 Å². The van der Waals surface area contributed by atoms with Crippen LogP contribution in [0.5, 0.6) is 0 Å². The summed E-state index contributed by atoms with van der Waals surface area (Å²) >= 11 is 5.85. The summed E-state index contributed by atoms with van der Waals surface area (Å²) in [7, 11) is 0. The molecule has 0 spiro atoms. The Kier molecular flexibility index (Phi) is 2.67. The van der Waals surface area contributed by atoms with Gasteiger partial charge in [-0.3, -0.25) is 0 Å². The van der Waals surface area contributed by atoms with Gasteiger partial charge in [-0.25, -0.2) is 4.79 Å². The number of nitrogens with zero attached hydrogens (tertiary/aromatic N) is 1. The summed E-state index contributed by atoms with van der Waals surface area (Å²) in [6.07, 6.45) is 1.33. The van der Waals surface area contributed by atoms with Crippen molar-refractivity contribution in [1.82, 2.24) is 0 Å². The van der Waals surface area contributed by atoms with Crippen molar-refractivity contribution in [3.05, 3.63) is 39.9 Å². The number of allylic oxidation sites excluding steroid dienone is 1. The molecule has 0 aliphatic heterocycles. The highest BCUT2D eigenvalue weighted by Crippen LogP contribution is 2.35. The zero-order chi connectivity index (χ0) is 11.7. The normalized spacial score (nSPS) is 16.5. The highest BCUT2D eigenvalue weighted by atomic mass is 35.5. The molecule has 16 heavy (non-hydrogen) atoms. The maximum atomic E-state index is 10.9. The molecule has 0 atom stereocenters. The topological polar surface area (TPSA) is 61.1 Å². The van der Waals surface area contributed by atoms with E-state index in [1.807, 2.05) is 6.07 Å². The van der Waals surface area contributed by atoms with E-state index < -0.39 is 5.97 Å². The standard InChI is InChI=1S/C12H8ClNO2/c13-8-2-4-9-7(5-8)1-3-10(9)11(6-14)12(15)16/h2,4-5H,1,3H2,(H,15,16). The molecule has 1 aliphatic rings. The van der Waals surface area contributed by atoms with Gasteiger partial charge < -0.3 is 5.11 Å². The van der Waals surface area contributed by atoms with Gasteiger partial charge in [0.1, 0.15) is 11.6 Å². The zero-order valence-electron chi connectivity index (χ0n) is 8.33. The van der Waals surface area contributed by atoms with Crippen molar-refractivity contribution >= 4 is 23.1 Å². The number of aliphatic carboxylic acids is 1. The number of carboxylic acid groups (broad SMARTS) is 1. The fourth-order valence-electron chi connectivity index (χ4n) is 1.96. The number of halogens is 1. The van der Waals surface area contributed by atoms with Gasteiger partial charge in [-0.15, -0.1) is 0 Å². The van der Waals surface area contributed by atoms with Crippen molar-refractivity contribution in [1.29, 1.82) is 5.26 Å². The van der Waals surface area contributed by atoms with Gasteiger partial charge in [0.15, 0.2) is 0 Å². The molecule has 0 unspecified atom stereocenters. The molecule has 1 N–H and O–H groups in total. The van der Waals surface area contributed by atoms with E-state index in [2.05, 4.69) is 0 Å². The summed E-state index contributed by atoms with van der Waals surface area (Å²) in [6.45, 7) is 0. The molecule has 0 amide bonds. The quantitative estimate of drug-likeness (QED) is 0.599. The fourth-order valence-corrected chi connectivity index (χ4v) is 2.16. The first-order valence-electron chi connectivity index (χ1n) is 4.79. The van der Waals surface area contributed by atoms with Crippen LogP contribution in [0.4, 0.5) is 0 Å². The van der Waals surface area contributed by atoms with Gasteiger partial charge in [0.25, 0.3) is 0 Å². The molecule has 2 rings (SSSR count). The molecule has 0 aromatic heterocycles. The van der Waals surface area contributed by atoms with Crippen LogP contribution in [0.1, 0.15) is 17.5 Å². The Morgan fingerprint density at radius 2 is 2.19 bits per heavy atom. The Bertz CT molecular complexity index is 540. The van der Waals surface area contributed by atoms with Crippen LogP contribution in [0.3, 0.4) is 0 Å². The number of nitriles is 1. The van der Waals surface area contributed by atoms with Gasteiger partial charge in [0, 0.05) is 5.02 Å². The number of benzene rings is 1. The Labute approximate surface area is 97.6 Å². The Morgan fingerprint density at radius 1 is 1.44 bits per heavy atom. The van der Waals surface area contributed by atoms with Gasteiger partial charge in [0.2, 0.25) is 0 Å². The number of hydrogen-bond acceptors (Lipinski definition) is 2. The lowest BCUT2D eigenvalue weighted by Crippen LogP contribution is -2.00. The van der Waals surface area contributed by atoms with Crippen molar-refractivity contribution < 1.29 is 9.90 Å². The molecule has 1 aliphatic carbocycles. The van der Waals surface area contributed by atoms with Gasteiger partial charge in [-0.1, -0.05) is 17.7 Å². The van der Waals surface area contributed by atoms with E-state index in [4.69, 9.17) is 22.0 Å². The first kappa shape index (κ1) is 10.7. The Hall–Kier alpha value is -1.79. The molecule has 0 saturated carbocycles. The van der Waals surface area contributed by atoms with E-state index in [1.165, 1.54) is 0 Å². The Morgan fingerprint density at radius 3 is 2.81 bits per heavy atom. The van der Waals surface area contributed by atoms with Crippen LogP contribution in [0.15, 0.2) is 23.8 Å². The minimum Gasteiger partial charge on any atom is -0.477 e. The Balaban J connectivity index is 2.60. The maximum absolute atomic E-state index is 10.9. The molecular formula is C12H8ClNO2. The molecule has 0 heterocycles. The molecule has 1 aromatic rings.